The lowest BCUT2D eigenvalue weighted by Gasteiger charge is -2.21. The molecule has 3 heteroatoms. The highest BCUT2D eigenvalue weighted by molar-refractivity contribution is 5.63. The zero-order valence-electron chi connectivity index (χ0n) is 11.8. The fourth-order valence-electron chi connectivity index (χ4n) is 3.03. The van der Waals surface area contributed by atoms with E-state index in [1.54, 1.807) is 0 Å². The van der Waals surface area contributed by atoms with Crippen molar-refractivity contribution in [1.29, 1.82) is 0 Å². The quantitative estimate of drug-likeness (QED) is 0.778. The van der Waals surface area contributed by atoms with Crippen LogP contribution in [0, 0.1) is 0 Å². The molecule has 0 aliphatic carbocycles. The maximum Gasteiger partial charge on any atom is 0.0997 e. The first-order valence-corrected chi connectivity index (χ1v) is 7.33. The molecule has 21 heavy (non-hydrogen) atoms. The van der Waals surface area contributed by atoms with Crippen molar-refractivity contribution in [3.8, 4) is 16.9 Å². The van der Waals surface area contributed by atoms with Crippen LogP contribution in [0.25, 0.3) is 16.9 Å². The Bertz CT molecular complexity index is 759. The molecule has 1 aliphatic rings. The molecule has 3 nitrogen and oxygen atoms in total. The molecule has 1 aliphatic heterocycles. The molecule has 1 aromatic heterocycles. The first-order chi connectivity index (χ1) is 10.4. The Morgan fingerprint density at radius 2 is 1.90 bits per heavy atom. The molecule has 4 rings (SSSR count). The van der Waals surface area contributed by atoms with Crippen LogP contribution in [0.15, 0.2) is 61.1 Å². The zero-order valence-corrected chi connectivity index (χ0v) is 11.8. The number of hydrogen-bond acceptors (Lipinski definition) is 2. The number of benzene rings is 2. The molecular formula is C18H17N3. The van der Waals surface area contributed by atoms with Gasteiger partial charge in [0.25, 0.3) is 0 Å². The Labute approximate surface area is 124 Å². The van der Waals surface area contributed by atoms with Crippen molar-refractivity contribution in [3.05, 3.63) is 72.2 Å². The van der Waals surface area contributed by atoms with Gasteiger partial charge >= 0.3 is 0 Å². The van der Waals surface area contributed by atoms with Gasteiger partial charge in [0.1, 0.15) is 0 Å². The summed E-state index contributed by atoms with van der Waals surface area (Å²) >= 11 is 0. The van der Waals surface area contributed by atoms with E-state index in [1.165, 1.54) is 22.4 Å². The molecule has 3 aromatic rings. The van der Waals surface area contributed by atoms with Gasteiger partial charge in [0.05, 0.1) is 23.9 Å². The van der Waals surface area contributed by atoms with Gasteiger partial charge in [-0.25, -0.2) is 4.98 Å². The number of nitrogens with zero attached hydrogens (tertiary/aromatic N) is 2. The van der Waals surface area contributed by atoms with Crippen LogP contribution in [0.5, 0.6) is 0 Å². The molecule has 0 fully saturated rings. The third kappa shape index (κ3) is 2.16. The standard InChI is InChI=1S/C18H17N3/c1-2-5-15(6-3-1)18-12-20-13-21(18)17-8-4-7-14-9-10-19-11-16(14)17/h1-8,12-13,19H,9-11H2. The lowest BCUT2D eigenvalue weighted by atomic mass is 9.99. The first-order valence-electron chi connectivity index (χ1n) is 7.33. The van der Waals surface area contributed by atoms with Crippen molar-refractivity contribution in [2.24, 2.45) is 0 Å². The highest BCUT2D eigenvalue weighted by Gasteiger charge is 2.15. The van der Waals surface area contributed by atoms with Crippen LogP contribution in [0.3, 0.4) is 0 Å². The van der Waals surface area contributed by atoms with Gasteiger partial charge in [-0.15, -0.1) is 0 Å². The van der Waals surface area contributed by atoms with Gasteiger partial charge in [0.2, 0.25) is 0 Å². The van der Waals surface area contributed by atoms with E-state index in [1.807, 2.05) is 18.6 Å². The Kier molecular flexibility index (Phi) is 3.05. The van der Waals surface area contributed by atoms with Crippen LogP contribution < -0.4 is 5.32 Å². The number of nitrogens with one attached hydrogen (secondary N) is 1. The van der Waals surface area contributed by atoms with E-state index in [4.69, 9.17) is 0 Å². The van der Waals surface area contributed by atoms with E-state index in [-0.39, 0.29) is 0 Å². The molecule has 2 heterocycles. The molecule has 0 saturated carbocycles. The van der Waals surface area contributed by atoms with Gasteiger partial charge < -0.3 is 5.32 Å². The second-order valence-electron chi connectivity index (χ2n) is 5.36. The average molecular weight is 275 g/mol. The van der Waals surface area contributed by atoms with E-state index in [9.17, 15) is 0 Å². The maximum atomic E-state index is 4.37. The molecule has 1 N–H and O–H groups in total. The highest BCUT2D eigenvalue weighted by Crippen LogP contribution is 2.27. The van der Waals surface area contributed by atoms with Gasteiger partial charge in [0, 0.05) is 12.1 Å². The lowest BCUT2D eigenvalue weighted by molar-refractivity contribution is 0.640. The Morgan fingerprint density at radius 1 is 1.00 bits per heavy atom. The van der Waals surface area contributed by atoms with E-state index < -0.39 is 0 Å². The number of hydrogen-bond donors (Lipinski definition) is 1. The summed E-state index contributed by atoms with van der Waals surface area (Å²) < 4.78 is 2.20. The van der Waals surface area contributed by atoms with Crippen LogP contribution in [-0.4, -0.2) is 16.1 Å². The third-order valence-corrected chi connectivity index (χ3v) is 4.09. The smallest absolute Gasteiger partial charge is 0.0997 e. The van der Waals surface area contributed by atoms with Crippen molar-refractivity contribution in [3.63, 3.8) is 0 Å². The van der Waals surface area contributed by atoms with E-state index in [0.717, 1.165) is 25.2 Å². The predicted octanol–water partition coefficient (Wildman–Crippen LogP) is 3.19. The van der Waals surface area contributed by atoms with Crippen molar-refractivity contribution >= 4 is 0 Å². The molecule has 104 valence electrons. The molecule has 0 saturated heterocycles. The van der Waals surface area contributed by atoms with Gasteiger partial charge in [-0.3, -0.25) is 4.57 Å². The molecule has 2 aromatic carbocycles. The SMILES string of the molecule is c1ccc(-c2cncn2-c2cccc3c2CNCC3)cc1. The summed E-state index contributed by atoms with van der Waals surface area (Å²) in [4.78, 5) is 4.37. The first kappa shape index (κ1) is 12.4. The highest BCUT2D eigenvalue weighted by atomic mass is 15.1. The second-order valence-corrected chi connectivity index (χ2v) is 5.36. The number of imidazole rings is 1. The third-order valence-electron chi connectivity index (χ3n) is 4.09. The van der Waals surface area contributed by atoms with Gasteiger partial charge in [0.15, 0.2) is 0 Å². The Hall–Kier alpha value is -2.39. The second kappa shape index (κ2) is 5.19. The largest absolute Gasteiger partial charge is 0.312 e. The molecule has 0 radical (unpaired) electrons. The fourth-order valence-corrected chi connectivity index (χ4v) is 3.03. The molecule has 0 unspecified atom stereocenters. The van der Waals surface area contributed by atoms with Crippen molar-refractivity contribution in [2.45, 2.75) is 13.0 Å². The maximum absolute atomic E-state index is 4.37. The normalized spacial score (nSPS) is 13.9. The van der Waals surface area contributed by atoms with Crippen LogP contribution in [0.4, 0.5) is 0 Å². The molecular weight excluding hydrogens is 258 g/mol. The summed E-state index contributed by atoms with van der Waals surface area (Å²) in [5, 5.41) is 3.47. The fraction of sp³-hybridized carbons (Fsp3) is 0.167. The lowest BCUT2D eigenvalue weighted by Crippen LogP contribution is -2.25. The van der Waals surface area contributed by atoms with Crippen molar-refractivity contribution < 1.29 is 0 Å². The molecule has 0 bridgehead atoms. The van der Waals surface area contributed by atoms with Crippen LogP contribution >= 0.6 is 0 Å². The Morgan fingerprint density at radius 3 is 2.81 bits per heavy atom. The number of rotatable bonds is 2. The monoisotopic (exact) mass is 275 g/mol. The summed E-state index contributed by atoms with van der Waals surface area (Å²) in [5.74, 6) is 0. The number of aromatic nitrogens is 2. The Balaban J connectivity index is 1.88. The number of fused-ring (bicyclic) bond motifs is 1. The topological polar surface area (TPSA) is 29.9 Å². The van der Waals surface area contributed by atoms with Crippen LogP contribution in [0.1, 0.15) is 11.1 Å². The molecule has 0 atom stereocenters. The minimum absolute atomic E-state index is 0.928. The van der Waals surface area contributed by atoms with Crippen molar-refractivity contribution in [1.82, 2.24) is 14.9 Å². The van der Waals surface area contributed by atoms with Crippen molar-refractivity contribution in [2.75, 3.05) is 6.54 Å². The van der Waals surface area contributed by atoms with E-state index >= 15 is 0 Å². The van der Waals surface area contributed by atoms with Crippen LogP contribution in [-0.2, 0) is 13.0 Å². The zero-order chi connectivity index (χ0) is 14.1. The summed E-state index contributed by atoms with van der Waals surface area (Å²) in [6.07, 6.45) is 4.94. The van der Waals surface area contributed by atoms with E-state index in [0.29, 0.717) is 0 Å². The van der Waals surface area contributed by atoms with Gasteiger partial charge in [-0.05, 0) is 30.2 Å². The van der Waals surface area contributed by atoms with Crippen LogP contribution in [0.2, 0.25) is 0 Å². The minimum atomic E-state index is 0.928. The van der Waals surface area contributed by atoms with Gasteiger partial charge in [-0.1, -0.05) is 42.5 Å². The minimum Gasteiger partial charge on any atom is -0.312 e. The van der Waals surface area contributed by atoms with Gasteiger partial charge in [-0.2, -0.15) is 0 Å². The summed E-state index contributed by atoms with van der Waals surface area (Å²) in [7, 11) is 0. The molecule has 0 amide bonds. The molecule has 0 spiro atoms. The summed E-state index contributed by atoms with van der Waals surface area (Å²) in [6.45, 7) is 1.99. The van der Waals surface area contributed by atoms with E-state index in [2.05, 4.69) is 57.3 Å². The summed E-state index contributed by atoms with van der Waals surface area (Å²) in [6, 6.07) is 17.0. The predicted molar refractivity (Wildman–Crippen MR) is 84.4 cm³/mol. The summed E-state index contributed by atoms with van der Waals surface area (Å²) in [5.41, 5.74) is 6.39. The average Bonchev–Trinajstić information content (AvgIpc) is 3.04.